The van der Waals surface area contributed by atoms with Crippen molar-refractivity contribution < 1.29 is 0 Å². The van der Waals surface area contributed by atoms with Gasteiger partial charge in [-0.15, -0.1) is 0 Å². The fourth-order valence-corrected chi connectivity index (χ4v) is 2.19. The van der Waals surface area contributed by atoms with Crippen LogP contribution in [0.3, 0.4) is 0 Å². The van der Waals surface area contributed by atoms with Crippen LogP contribution in [0.25, 0.3) is 0 Å². The van der Waals surface area contributed by atoms with Crippen LogP contribution in [-0.2, 0) is 0 Å². The van der Waals surface area contributed by atoms with Crippen molar-refractivity contribution in [2.45, 2.75) is 64.8 Å². The summed E-state index contributed by atoms with van der Waals surface area (Å²) in [5, 5.41) is 0. The van der Waals surface area contributed by atoms with Gasteiger partial charge in [-0.3, -0.25) is 0 Å². The van der Waals surface area contributed by atoms with E-state index in [0.29, 0.717) is 5.41 Å². The lowest BCUT2D eigenvalue weighted by atomic mass is 9.75. The van der Waals surface area contributed by atoms with Crippen molar-refractivity contribution >= 4 is 0 Å². The molecule has 0 radical (unpaired) electrons. The van der Waals surface area contributed by atoms with Crippen LogP contribution < -0.4 is 5.73 Å². The van der Waals surface area contributed by atoms with Gasteiger partial charge in [-0.1, -0.05) is 26.7 Å². The second kappa shape index (κ2) is 3.37. The van der Waals surface area contributed by atoms with Crippen LogP contribution >= 0.6 is 0 Å². The SMILES string of the molecule is CC1(C)CCCC(C)(N)CCC1. The monoisotopic (exact) mass is 169 g/mol. The van der Waals surface area contributed by atoms with E-state index in [1.165, 1.54) is 38.5 Å². The largest absolute Gasteiger partial charge is 0.325 e. The molecule has 1 aliphatic rings. The maximum atomic E-state index is 6.14. The predicted octanol–water partition coefficient (Wildman–Crippen LogP) is 3.08. The fourth-order valence-electron chi connectivity index (χ4n) is 2.19. The molecule has 12 heavy (non-hydrogen) atoms. The first-order valence-electron chi connectivity index (χ1n) is 5.20. The van der Waals surface area contributed by atoms with Gasteiger partial charge in [0.1, 0.15) is 0 Å². The van der Waals surface area contributed by atoms with Gasteiger partial charge >= 0.3 is 0 Å². The highest BCUT2D eigenvalue weighted by molar-refractivity contribution is 4.83. The Balaban J connectivity index is 2.45. The third-order valence-electron chi connectivity index (χ3n) is 3.20. The molecule has 0 spiro atoms. The Bertz CT molecular complexity index is 117. The second-order valence-electron chi connectivity index (χ2n) is 5.53. The van der Waals surface area contributed by atoms with Crippen molar-refractivity contribution in [3.8, 4) is 0 Å². The van der Waals surface area contributed by atoms with E-state index in [9.17, 15) is 0 Å². The molecule has 0 aromatic carbocycles. The van der Waals surface area contributed by atoms with Gasteiger partial charge in [-0.25, -0.2) is 0 Å². The molecule has 0 unspecified atom stereocenters. The number of hydrogen-bond donors (Lipinski definition) is 1. The van der Waals surface area contributed by atoms with Crippen molar-refractivity contribution in [3.05, 3.63) is 0 Å². The Morgan fingerprint density at radius 2 is 1.25 bits per heavy atom. The molecule has 0 bridgehead atoms. The zero-order valence-electron chi connectivity index (χ0n) is 8.82. The van der Waals surface area contributed by atoms with E-state index in [2.05, 4.69) is 20.8 Å². The van der Waals surface area contributed by atoms with Gasteiger partial charge in [-0.05, 0) is 38.0 Å². The summed E-state index contributed by atoms with van der Waals surface area (Å²) in [5.74, 6) is 0. The molecule has 0 heterocycles. The number of nitrogens with two attached hydrogens (primary N) is 1. The highest BCUT2D eigenvalue weighted by Gasteiger charge is 2.25. The van der Waals surface area contributed by atoms with Gasteiger partial charge in [0, 0.05) is 5.54 Å². The van der Waals surface area contributed by atoms with Crippen molar-refractivity contribution in [1.29, 1.82) is 0 Å². The van der Waals surface area contributed by atoms with E-state index in [1.54, 1.807) is 0 Å². The third-order valence-corrected chi connectivity index (χ3v) is 3.20. The lowest BCUT2D eigenvalue weighted by Gasteiger charge is -2.33. The van der Waals surface area contributed by atoms with E-state index in [4.69, 9.17) is 5.73 Å². The van der Waals surface area contributed by atoms with Gasteiger partial charge in [-0.2, -0.15) is 0 Å². The molecule has 1 saturated carbocycles. The van der Waals surface area contributed by atoms with Crippen LogP contribution in [0.1, 0.15) is 59.3 Å². The summed E-state index contributed by atoms with van der Waals surface area (Å²) in [6, 6.07) is 0. The van der Waals surface area contributed by atoms with Gasteiger partial charge in [0.2, 0.25) is 0 Å². The summed E-state index contributed by atoms with van der Waals surface area (Å²) in [5.41, 5.74) is 6.82. The first-order chi connectivity index (χ1) is 5.41. The van der Waals surface area contributed by atoms with Crippen LogP contribution in [0.2, 0.25) is 0 Å². The lowest BCUT2D eigenvalue weighted by Crippen LogP contribution is -2.37. The summed E-state index contributed by atoms with van der Waals surface area (Å²) >= 11 is 0. The summed E-state index contributed by atoms with van der Waals surface area (Å²) < 4.78 is 0. The Hall–Kier alpha value is -0.0400. The standard InChI is InChI=1S/C11H23N/c1-10(2)6-4-8-11(3,12)9-5-7-10/h4-9,12H2,1-3H3. The van der Waals surface area contributed by atoms with Crippen molar-refractivity contribution in [2.24, 2.45) is 11.1 Å². The minimum absolute atomic E-state index is 0.122. The molecule has 1 fully saturated rings. The molecule has 0 aromatic heterocycles. The summed E-state index contributed by atoms with van der Waals surface area (Å²) in [7, 11) is 0. The molecule has 0 aromatic rings. The maximum absolute atomic E-state index is 6.14. The van der Waals surface area contributed by atoms with Crippen molar-refractivity contribution in [1.82, 2.24) is 0 Å². The third kappa shape index (κ3) is 3.14. The maximum Gasteiger partial charge on any atom is 0.0125 e. The molecule has 1 aliphatic carbocycles. The van der Waals surface area contributed by atoms with Gasteiger partial charge in [0.05, 0.1) is 0 Å². The molecule has 0 atom stereocenters. The van der Waals surface area contributed by atoms with E-state index < -0.39 is 0 Å². The summed E-state index contributed by atoms with van der Waals surface area (Å²) in [6.07, 6.45) is 7.71. The van der Waals surface area contributed by atoms with E-state index in [0.717, 1.165) is 0 Å². The minimum atomic E-state index is 0.122. The first-order valence-corrected chi connectivity index (χ1v) is 5.20. The van der Waals surface area contributed by atoms with Crippen LogP contribution in [-0.4, -0.2) is 5.54 Å². The second-order valence-corrected chi connectivity index (χ2v) is 5.53. The van der Waals surface area contributed by atoms with Crippen molar-refractivity contribution in [3.63, 3.8) is 0 Å². The molecule has 1 nitrogen and oxygen atoms in total. The van der Waals surface area contributed by atoms with E-state index in [-0.39, 0.29) is 5.54 Å². The molecule has 0 saturated heterocycles. The molecule has 1 heteroatoms. The predicted molar refractivity (Wildman–Crippen MR) is 54.1 cm³/mol. The Morgan fingerprint density at radius 3 is 1.67 bits per heavy atom. The lowest BCUT2D eigenvalue weighted by molar-refractivity contribution is 0.226. The van der Waals surface area contributed by atoms with Gasteiger partial charge < -0.3 is 5.73 Å². The average Bonchev–Trinajstić information content (AvgIpc) is 1.82. The zero-order chi connectivity index (χ0) is 9.24. The van der Waals surface area contributed by atoms with Crippen molar-refractivity contribution in [2.75, 3.05) is 0 Å². The summed E-state index contributed by atoms with van der Waals surface area (Å²) in [4.78, 5) is 0. The Morgan fingerprint density at radius 1 is 0.833 bits per heavy atom. The normalized spacial score (nSPS) is 29.0. The molecule has 1 rings (SSSR count). The molecule has 0 aliphatic heterocycles. The summed E-state index contributed by atoms with van der Waals surface area (Å²) in [6.45, 7) is 6.96. The first kappa shape index (κ1) is 10.0. The molecule has 2 N–H and O–H groups in total. The zero-order valence-corrected chi connectivity index (χ0v) is 8.82. The van der Waals surface area contributed by atoms with Crippen LogP contribution in [0.5, 0.6) is 0 Å². The highest BCUT2D eigenvalue weighted by Crippen LogP contribution is 2.35. The highest BCUT2D eigenvalue weighted by atomic mass is 14.7. The molecule has 72 valence electrons. The van der Waals surface area contributed by atoms with Gasteiger partial charge in [0.25, 0.3) is 0 Å². The number of rotatable bonds is 0. The molecule has 0 amide bonds. The Labute approximate surface area is 76.7 Å². The molecular weight excluding hydrogens is 146 g/mol. The smallest absolute Gasteiger partial charge is 0.0125 e. The fraction of sp³-hybridized carbons (Fsp3) is 1.00. The van der Waals surface area contributed by atoms with Crippen LogP contribution in [0.15, 0.2) is 0 Å². The van der Waals surface area contributed by atoms with Gasteiger partial charge in [0.15, 0.2) is 0 Å². The van der Waals surface area contributed by atoms with E-state index in [1.807, 2.05) is 0 Å². The topological polar surface area (TPSA) is 26.0 Å². The van der Waals surface area contributed by atoms with E-state index >= 15 is 0 Å². The van der Waals surface area contributed by atoms with Crippen LogP contribution in [0, 0.1) is 5.41 Å². The van der Waals surface area contributed by atoms with Crippen LogP contribution in [0.4, 0.5) is 0 Å². The minimum Gasteiger partial charge on any atom is -0.325 e. The number of hydrogen-bond acceptors (Lipinski definition) is 1. The Kier molecular flexibility index (Phi) is 2.82. The average molecular weight is 169 g/mol. The quantitative estimate of drug-likeness (QED) is 0.592. The molecular formula is C11H23N.